The van der Waals surface area contributed by atoms with Crippen LogP contribution in [0.1, 0.15) is 5.82 Å². The Morgan fingerprint density at radius 2 is 1.86 bits per heavy atom. The summed E-state index contributed by atoms with van der Waals surface area (Å²) in [5.41, 5.74) is 0. The molecule has 0 radical (unpaired) electrons. The fourth-order valence-corrected chi connectivity index (χ4v) is 2.38. The van der Waals surface area contributed by atoms with Crippen LogP contribution in [0.25, 0.3) is 0 Å². The molecule has 2 aromatic rings. The number of ether oxygens (including phenoxy) is 2. The van der Waals surface area contributed by atoms with Crippen LogP contribution >= 0.6 is 11.6 Å². The van der Waals surface area contributed by atoms with E-state index >= 15 is 0 Å². The van der Waals surface area contributed by atoms with Gasteiger partial charge in [-0.3, -0.25) is 0 Å². The normalized spacial score (nSPS) is 11.4. The monoisotopic (exact) mass is 328 g/mol. The Morgan fingerprint density at radius 3 is 2.43 bits per heavy atom. The highest BCUT2D eigenvalue weighted by atomic mass is 35.5. The second kappa shape index (κ2) is 6.38. The molecule has 0 saturated carbocycles. The molecule has 0 amide bonds. The van der Waals surface area contributed by atoms with Gasteiger partial charge in [0.25, 0.3) is 0 Å². The standard InChI is InChI=1S/C13H13ClN2O4S/c1-19-8-12-15-11(14)7-13(16-12)20-9-3-5-10(6-4-9)21(2,17)18/h3-7H,8H2,1-2H3. The van der Waals surface area contributed by atoms with Gasteiger partial charge in [-0.1, -0.05) is 11.6 Å². The Hall–Kier alpha value is -1.70. The van der Waals surface area contributed by atoms with Gasteiger partial charge in [-0.2, -0.15) is 4.98 Å². The van der Waals surface area contributed by atoms with Crippen LogP contribution in [0.4, 0.5) is 0 Å². The molecule has 0 spiro atoms. The minimum Gasteiger partial charge on any atom is -0.439 e. The van der Waals surface area contributed by atoms with Gasteiger partial charge in [0.05, 0.1) is 4.90 Å². The van der Waals surface area contributed by atoms with Gasteiger partial charge in [-0.25, -0.2) is 13.4 Å². The molecule has 0 saturated heterocycles. The Morgan fingerprint density at radius 1 is 1.19 bits per heavy atom. The lowest BCUT2D eigenvalue weighted by Gasteiger charge is -2.07. The van der Waals surface area contributed by atoms with Gasteiger partial charge in [-0.05, 0) is 24.3 Å². The fraction of sp³-hybridized carbons (Fsp3) is 0.231. The third kappa shape index (κ3) is 4.38. The van der Waals surface area contributed by atoms with E-state index in [-0.39, 0.29) is 22.5 Å². The fourth-order valence-electron chi connectivity index (χ4n) is 1.56. The molecule has 112 valence electrons. The van der Waals surface area contributed by atoms with Crippen molar-refractivity contribution in [2.75, 3.05) is 13.4 Å². The van der Waals surface area contributed by atoms with Gasteiger partial charge in [0.15, 0.2) is 15.7 Å². The molecule has 1 aromatic carbocycles. The zero-order chi connectivity index (χ0) is 15.5. The zero-order valence-corrected chi connectivity index (χ0v) is 13.0. The Balaban J connectivity index is 2.22. The number of nitrogens with zero attached hydrogens (tertiary/aromatic N) is 2. The van der Waals surface area contributed by atoms with E-state index in [2.05, 4.69) is 9.97 Å². The molecule has 0 bridgehead atoms. The first-order valence-corrected chi connectivity index (χ1v) is 8.16. The molecule has 6 nitrogen and oxygen atoms in total. The van der Waals surface area contributed by atoms with Crippen LogP contribution in [0.3, 0.4) is 0 Å². The average Bonchev–Trinajstić information content (AvgIpc) is 2.38. The zero-order valence-electron chi connectivity index (χ0n) is 11.4. The van der Waals surface area contributed by atoms with Gasteiger partial charge in [-0.15, -0.1) is 0 Å². The molecule has 8 heteroatoms. The lowest BCUT2D eigenvalue weighted by molar-refractivity contribution is 0.177. The van der Waals surface area contributed by atoms with Crippen molar-refractivity contribution in [3.63, 3.8) is 0 Å². The van der Waals surface area contributed by atoms with E-state index in [1.807, 2.05) is 0 Å². The number of benzene rings is 1. The summed E-state index contributed by atoms with van der Waals surface area (Å²) in [5.74, 6) is 1.10. The highest BCUT2D eigenvalue weighted by Gasteiger charge is 2.08. The van der Waals surface area contributed by atoms with Crippen LogP contribution < -0.4 is 4.74 Å². The SMILES string of the molecule is COCc1nc(Cl)cc(Oc2ccc(S(C)(=O)=O)cc2)n1. The van der Waals surface area contributed by atoms with E-state index in [1.165, 1.54) is 25.3 Å². The van der Waals surface area contributed by atoms with Crippen LogP contribution in [-0.2, 0) is 21.2 Å². The highest BCUT2D eigenvalue weighted by molar-refractivity contribution is 7.90. The summed E-state index contributed by atoms with van der Waals surface area (Å²) < 4.78 is 33.2. The number of hydrogen-bond donors (Lipinski definition) is 0. The van der Waals surface area contributed by atoms with Crippen molar-refractivity contribution >= 4 is 21.4 Å². The van der Waals surface area contributed by atoms with Crippen LogP contribution in [0.2, 0.25) is 5.15 Å². The second-order valence-corrected chi connectivity index (χ2v) is 6.63. The first kappa shape index (κ1) is 15.7. The van der Waals surface area contributed by atoms with Gasteiger partial charge < -0.3 is 9.47 Å². The first-order chi connectivity index (χ1) is 9.88. The van der Waals surface area contributed by atoms with E-state index in [0.29, 0.717) is 11.6 Å². The molecule has 1 aromatic heterocycles. The van der Waals surface area contributed by atoms with Crippen LogP contribution in [0.15, 0.2) is 35.2 Å². The number of sulfone groups is 1. The van der Waals surface area contributed by atoms with Crippen molar-refractivity contribution in [3.8, 4) is 11.6 Å². The first-order valence-electron chi connectivity index (χ1n) is 5.89. The second-order valence-electron chi connectivity index (χ2n) is 4.22. The maximum Gasteiger partial charge on any atom is 0.224 e. The third-order valence-electron chi connectivity index (χ3n) is 2.47. The van der Waals surface area contributed by atoms with Crippen molar-refractivity contribution < 1.29 is 17.9 Å². The molecule has 0 aliphatic heterocycles. The Kier molecular flexibility index (Phi) is 4.76. The molecule has 0 aliphatic rings. The predicted molar refractivity (Wildman–Crippen MR) is 77.4 cm³/mol. The largest absolute Gasteiger partial charge is 0.439 e. The van der Waals surface area contributed by atoms with Crippen molar-refractivity contribution in [2.24, 2.45) is 0 Å². The summed E-state index contributed by atoms with van der Waals surface area (Å²) in [6.07, 6.45) is 1.14. The maximum atomic E-state index is 11.4. The van der Waals surface area contributed by atoms with Gasteiger partial charge in [0, 0.05) is 19.4 Å². The van der Waals surface area contributed by atoms with E-state index in [0.717, 1.165) is 6.26 Å². The number of rotatable bonds is 5. The van der Waals surface area contributed by atoms with Gasteiger partial charge in [0.2, 0.25) is 5.88 Å². The maximum absolute atomic E-state index is 11.4. The number of halogens is 1. The lowest BCUT2D eigenvalue weighted by Crippen LogP contribution is -2.00. The van der Waals surface area contributed by atoms with Crippen LogP contribution in [0.5, 0.6) is 11.6 Å². The van der Waals surface area contributed by atoms with Crippen molar-refractivity contribution in [1.82, 2.24) is 9.97 Å². The van der Waals surface area contributed by atoms with Gasteiger partial charge in [0.1, 0.15) is 17.5 Å². The van der Waals surface area contributed by atoms with E-state index in [4.69, 9.17) is 21.1 Å². The molecule has 2 rings (SSSR count). The Bertz CT molecular complexity index is 732. The number of aromatic nitrogens is 2. The van der Waals surface area contributed by atoms with Crippen LogP contribution in [-0.4, -0.2) is 31.8 Å². The number of methoxy groups -OCH3 is 1. The summed E-state index contributed by atoms with van der Waals surface area (Å²) in [5, 5.41) is 0.236. The molecule has 0 N–H and O–H groups in total. The molecular formula is C13H13ClN2O4S. The van der Waals surface area contributed by atoms with E-state index in [1.54, 1.807) is 12.1 Å². The average molecular weight is 329 g/mol. The number of hydrogen-bond acceptors (Lipinski definition) is 6. The minimum atomic E-state index is -3.23. The molecule has 1 heterocycles. The van der Waals surface area contributed by atoms with E-state index < -0.39 is 9.84 Å². The van der Waals surface area contributed by atoms with Gasteiger partial charge >= 0.3 is 0 Å². The van der Waals surface area contributed by atoms with Crippen LogP contribution in [0, 0.1) is 0 Å². The minimum absolute atomic E-state index is 0.212. The molecule has 0 atom stereocenters. The summed E-state index contributed by atoms with van der Waals surface area (Å²) in [7, 11) is -1.71. The van der Waals surface area contributed by atoms with Crippen molar-refractivity contribution in [3.05, 3.63) is 41.3 Å². The molecule has 0 fully saturated rings. The molecular weight excluding hydrogens is 316 g/mol. The summed E-state index contributed by atoms with van der Waals surface area (Å²) in [6, 6.07) is 7.48. The predicted octanol–water partition coefficient (Wildman–Crippen LogP) is 2.47. The lowest BCUT2D eigenvalue weighted by atomic mass is 10.3. The third-order valence-corrected chi connectivity index (χ3v) is 3.79. The Labute approximate surface area is 127 Å². The quantitative estimate of drug-likeness (QED) is 0.785. The summed E-state index contributed by atoms with van der Waals surface area (Å²) in [4.78, 5) is 8.33. The molecule has 0 unspecified atom stereocenters. The topological polar surface area (TPSA) is 78.4 Å². The highest BCUT2D eigenvalue weighted by Crippen LogP contribution is 2.23. The van der Waals surface area contributed by atoms with Crippen molar-refractivity contribution in [1.29, 1.82) is 0 Å². The van der Waals surface area contributed by atoms with E-state index in [9.17, 15) is 8.42 Å². The smallest absolute Gasteiger partial charge is 0.224 e. The molecule has 0 aliphatic carbocycles. The summed E-state index contributed by atoms with van der Waals surface area (Å²) in [6.45, 7) is 0.212. The van der Waals surface area contributed by atoms with Crippen molar-refractivity contribution in [2.45, 2.75) is 11.5 Å². The summed E-state index contributed by atoms with van der Waals surface area (Å²) >= 11 is 5.87. The molecule has 21 heavy (non-hydrogen) atoms.